The number of aryl methyl sites for hydroxylation is 1. The number of hydrogen-bond donors (Lipinski definition) is 4. The third-order valence-corrected chi connectivity index (χ3v) is 4.85. The molecule has 0 spiro atoms. The first-order valence-electron chi connectivity index (χ1n) is 8.96. The number of fused-ring (bicyclic) bond motifs is 1. The minimum Gasteiger partial charge on any atom is -0.326 e. The molecule has 26 heavy (non-hydrogen) atoms. The maximum Gasteiger partial charge on any atom is 0.267 e. The van der Waals surface area contributed by atoms with Gasteiger partial charge in [0.05, 0.1) is 0 Å². The molecule has 0 aliphatic heterocycles. The van der Waals surface area contributed by atoms with E-state index in [9.17, 15) is 4.79 Å². The Balaban J connectivity index is 1.55. The van der Waals surface area contributed by atoms with E-state index in [0.29, 0.717) is 12.6 Å². The molecule has 136 valence electrons. The maximum atomic E-state index is 11.1. The van der Waals surface area contributed by atoms with Gasteiger partial charge in [0.15, 0.2) is 0 Å². The van der Waals surface area contributed by atoms with Gasteiger partial charge in [0, 0.05) is 18.7 Å². The third-order valence-electron chi connectivity index (χ3n) is 4.85. The van der Waals surface area contributed by atoms with E-state index in [1.54, 1.807) is 11.6 Å². The molecular weight excluding hydrogens is 326 g/mol. The Kier molecular flexibility index (Phi) is 6.17. The summed E-state index contributed by atoms with van der Waals surface area (Å²) in [5.74, 6) is -0.524. The Hall–Kier alpha value is -2.47. The molecule has 1 aliphatic rings. The minimum absolute atomic E-state index is 0.382. The number of hydroxylamine groups is 1. The SMILES string of the molecule is NCc1ccc(CCNC2CCc3cc(C=CC(=O)NO)ccc32)cc1. The zero-order valence-corrected chi connectivity index (χ0v) is 14.7. The van der Waals surface area contributed by atoms with Crippen LogP contribution in [0, 0.1) is 0 Å². The highest BCUT2D eigenvalue weighted by molar-refractivity contribution is 5.90. The summed E-state index contributed by atoms with van der Waals surface area (Å²) in [4.78, 5) is 11.1. The lowest BCUT2D eigenvalue weighted by Crippen LogP contribution is -2.21. The molecule has 5 heteroatoms. The predicted octanol–water partition coefficient (Wildman–Crippen LogP) is 2.48. The fourth-order valence-corrected chi connectivity index (χ4v) is 3.40. The molecule has 0 heterocycles. The third kappa shape index (κ3) is 4.58. The summed E-state index contributed by atoms with van der Waals surface area (Å²) in [5.41, 5.74) is 13.3. The quantitative estimate of drug-likeness (QED) is 0.351. The molecule has 1 amide bonds. The van der Waals surface area contributed by atoms with Crippen LogP contribution in [0.4, 0.5) is 0 Å². The van der Waals surface area contributed by atoms with Crippen LogP contribution in [0.3, 0.4) is 0 Å². The minimum atomic E-state index is -0.524. The molecule has 1 atom stereocenters. The van der Waals surface area contributed by atoms with E-state index in [0.717, 1.165) is 36.9 Å². The van der Waals surface area contributed by atoms with E-state index in [1.807, 2.05) is 6.07 Å². The Morgan fingerprint density at radius 1 is 1.19 bits per heavy atom. The fraction of sp³-hybridized carbons (Fsp3) is 0.286. The molecule has 0 bridgehead atoms. The van der Waals surface area contributed by atoms with Crippen molar-refractivity contribution in [3.8, 4) is 0 Å². The monoisotopic (exact) mass is 351 g/mol. The van der Waals surface area contributed by atoms with Crippen molar-refractivity contribution in [1.29, 1.82) is 0 Å². The van der Waals surface area contributed by atoms with Crippen LogP contribution in [0.5, 0.6) is 0 Å². The molecule has 0 fully saturated rings. The van der Waals surface area contributed by atoms with Crippen molar-refractivity contribution in [2.75, 3.05) is 6.54 Å². The highest BCUT2D eigenvalue weighted by Crippen LogP contribution is 2.32. The predicted molar refractivity (Wildman–Crippen MR) is 103 cm³/mol. The average Bonchev–Trinajstić information content (AvgIpc) is 3.09. The van der Waals surface area contributed by atoms with Crippen LogP contribution in [0.2, 0.25) is 0 Å². The van der Waals surface area contributed by atoms with Gasteiger partial charge in [0.25, 0.3) is 5.91 Å². The number of nitrogens with one attached hydrogen (secondary N) is 2. The second-order valence-corrected chi connectivity index (χ2v) is 6.58. The normalized spacial score (nSPS) is 16.0. The second-order valence-electron chi connectivity index (χ2n) is 6.58. The molecule has 2 aromatic rings. The highest BCUT2D eigenvalue weighted by atomic mass is 16.5. The van der Waals surface area contributed by atoms with Crippen molar-refractivity contribution < 1.29 is 10.0 Å². The molecule has 1 aliphatic carbocycles. The number of nitrogens with two attached hydrogens (primary N) is 1. The summed E-state index contributed by atoms with van der Waals surface area (Å²) in [6.45, 7) is 1.52. The second kappa shape index (κ2) is 8.76. The first-order valence-corrected chi connectivity index (χ1v) is 8.96. The standard InChI is InChI=1S/C21H25N3O2/c22-14-17-3-1-15(2-4-17)11-12-23-20-9-7-18-13-16(5-8-19(18)20)6-10-21(25)24-26/h1-6,8,10,13,20,23,26H,7,9,11-12,14,22H2,(H,24,25). The molecule has 5 nitrogen and oxygen atoms in total. The Morgan fingerprint density at radius 2 is 1.96 bits per heavy atom. The van der Waals surface area contributed by atoms with Crippen molar-refractivity contribution in [3.05, 3.63) is 76.4 Å². The molecule has 0 aromatic heterocycles. The van der Waals surface area contributed by atoms with Gasteiger partial charge in [-0.2, -0.15) is 0 Å². The van der Waals surface area contributed by atoms with Gasteiger partial charge in [-0.1, -0.05) is 42.5 Å². The lowest BCUT2D eigenvalue weighted by atomic mass is 10.0. The summed E-state index contributed by atoms with van der Waals surface area (Å²) in [6.07, 6.45) is 6.14. The van der Waals surface area contributed by atoms with Crippen LogP contribution in [0.15, 0.2) is 48.5 Å². The summed E-state index contributed by atoms with van der Waals surface area (Å²) < 4.78 is 0. The first-order chi connectivity index (χ1) is 12.7. The van der Waals surface area contributed by atoms with Gasteiger partial charge in [0.2, 0.25) is 0 Å². The summed E-state index contributed by atoms with van der Waals surface area (Å²) in [7, 11) is 0. The van der Waals surface area contributed by atoms with Gasteiger partial charge in [-0.3, -0.25) is 10.0 Å². The van der Waals surface area contributed by atoms with Crippen molar-refractivity contribution >= 4 is 12.0 Å². The lowest BCUT2D eigenvalue weighted by Gasteiger charge is -2.14. The van der Waals surface area contributed by atoms with Gasteiger partial charge in [-0.05, 0) is 59.7 Å². The fourth-order valence-electron chi connectivity index (χ4n) is 3.40. The van der Waals surface area contributed by atoms with Crippen molar-refractivity contribution in [2.24, 2.45) is 5.73 Å². The van der Waals surface area contributed by atoms with Gasteiger partial charge < -0.3 is 11.1 Å². The van der Waals surface area contributed by atoms with Gasteiger partial charge in [-0.25, -0.2) is 5.48 Å². The molecular formula is C21H25N3O2. The van der Waals surface area contributed by atoms with Crippen LogP contribution < -0.4 is 16.5 Å². The smallest absolute Gasteiger partial charge is 0.267 e. The number of carbonyl (C=O) groups excluding carboxylic acids is 1. The molecule has 0 radical (unpaired) electrons. The topological polar surface area (TPSA) is 87.4 Å². The van der Waals surface area contributed by atoms with Crippen molar-refractivity contribution in [2.45, 2.75) is 31.8 Å². The lowest BCUT2D eigenvalue weighted by molar-refractivity contribution is -0.124. The number of benzene rings is 2. The highest BCUT2D eigenvalue weighted by Gasteiger charge is 2.21. The zero-order valence-electron chi connectivity index (χ0n) is 14.7. The maximum absolute atomic E-state index is 11.1. The van der Waals surface area contributed by atoms with E-state index in [-0.39, 0.29) is 0 Å². The molecule has 3 rings (SSSR count). The van der Waals surface area contributed by atoms with Gasteiger partial charge >= 0.3 is 0 Å². The van der Waals surface area contributed by atoms with E-state index in [1.165, 1.54) is 22.8 Å². The molecule has 5 N–H and O–H groups in total. The summed E-state index contributed by atoms with van der Waals surface area (Å²) in [5, 5.41) is 12.2. The van der Waals surface area contributed by atoms with Crippen molar-refractivity contribution in [1.82, 2.24) is 10.8 Å². The Bertz CT molecular complexity index is 784. The number of amides is 1. The zero-order chi connectivity index (χ0) is 18.4. The molecule has 1 unspecified atom stereocenters. The Morgan fingerprint density at radius 3 is 2.69 bits per heavy atom. The van der Waals surface area contributed by atoms with Crippen LogP contribution in [-0.4, -0.2) is 17.7 Å². The Labute approximate surface area is 153 Å². The summed E-state index contributed by atoms with van der Waals surface area (Å²) >= 11 is 0. The van der Waals surface area contributed by atoms with E-state index >= 15 is 0 Å². The summed E-state index contributed by atoms with van der Waals surface area (Å²) in [6, 6.07) is 15.1. The van der Waals surface area contributed by atoms with E-state index in [4.69, 9.17) is 10.9 Å². The molecule has 2 aromatic carbocycles. The van der Waals surface area contributed by atoms with Crippen molar-refractivity contribution in [3.63, 3.8) is 0 Å². The largest absolute Gasteiger partial charge is 0.326 e. The number of rotatable bonds is 7. The van der Waals surface area contributed by atoms with E-state index < -0.39 is 5.91 Å². The molecule has 0 saturated carbocycles. The van der Waals surface area contributed by atoms with Crippen LogP contribution in [-0.2, 0) is 24.2 Å². The van der Waals surface area contributed by atoms with Gasteiger partial charge in [-0.15, -0.1) is 0 Å². The van der Waals surface area contributed by atoms with Gasteiger partial charge in [0.1, 0.15) is 0 Å². The number of hydrogen-bond acceptors (Lipinski definition) is 4. The first kappa shape index (κ1) is 18.3. The van der Waals surface area contributed by atoms with Crippen LogP contribution >= 0.6 is 0 Å². The molecule has 0 saturated heterocycles. The number of carbonyl (C=O) groups is 1. The van der Waals surface area contributed by atoms with E-state index in [2.05, 4.69) is 41.7 Å². The average molecular weight is 351 g/mol. The van der Waals surface area contributed by atoms with Crippen LogP contribution in [0.25, 0.3) is 6.08 Å². The van der Waals surface area contributed by atoms with Crippen LogP contribution in [0.1, 0.15) is 40.3 Å².